The molecule has 2 bridgehead atoms. The van der Waals surface area contributed by atoms with E-state index in [1.54, 1.807) is 10.9 Å². The summed E-state index contributed by atoms with van der Waals surface area (Å²) in [5.41, 5.74) is 5.77. The first-order valence-electron chi connectivity index (χ1n) is 15.0. The summed E-state index contributed by atoms with van der Waals surface area (Å²) < 4.78 is 10.3. The van der Waals surface area contributed by atoms with Crippen LogP contribution < -0.4 is 15.4 Å². The quantitative estimate of drug-likeness (QED) is 0.357. The van der Waals surface area contributed by atoms with Crippen molar-refractivity contribution in [2.75, 3.05) is 43.4 Å². The third kappa shape index (κ3) is 5.28. The maximum atomic E-state index is 13.7. The summed E-state index contributed by atoms with van der Waals surface area (Å²) in [5, 5.41) is 11.2. The van der Waals surface area contributed by atoms with Gasteiger partial charge in [-0.1, -0.05) is 0 Å². The van der Waals surface area contributed by atoms with Crippen molar-refractivity contribution in [2.24, 2.45) is 13.0 Å². The van der Waals surface area contributed by atoms with Gasteiger partial charge in [-0.3, -0.25) is 15.1 Å². The molecule has 10 heteroatoms. The van der Waals surface area contributed by atoms with Gasteiger partial charge >= 0.3 is 0 Å². The molecule has 10 nitrogen and oxygen atoms in total. The Morgan fingerprint density at radius 2 is 1.93 bits per heavy atom. The summed E-state index contributed by atoms with van der Waals surface area (Å²) in [7, 11) is 1.87. The van der Waals surface area contributed by atoms with Crippen LogP contribution in [-0.4, -0.2) is 67.9 Å². The molecule has 1 unspecified atom stereocenters. The lowest BCUT2D eigenvalue weighted by atomic mass is 10.1. The van der Waals surface area contributed by atoms with Crippen LogP contribution in [0, 0.1) is 12.8 Å². The van der Waals surface area contributed by atoms with E-state index >= 15 is 0 Å². The van der Waals surface area contributed by atoms with Crippen LogP contribution in [-0.2, 0) is 7.05 Å². The largest absolute Gasteiger partial charge is 0.477 e. The number of carbonyl (C=O) groups is 1. The molecule has 1 saturated heterocycles. The first-order chi connectivity index (χ1) is 20.0. The first kappa shape index (κ1) is 26.0. The van der Waals surface area contributed by atoms with Crippen molar-refractivity contribution in [3.63, 3.8) is 0 Å². The van der Waals surface area contributed by atoms with E-state index in [1.165, 1.54) is 38.8 Å². The van der Waals surface area contributed by atoms with Crippen LogP contribution in [0.1, 0.15) is 60.6 Å². The molecule has 1 amide bonds. The molecule has 5 heterocycles. The Kier molecular flexibility index (Phi) is 6.86. The highest BCUT2D eigenvalue weighted by molar-refractivity contribution is 6.05. The average Bonchev–Trinajstić information content (AvgIpc) is 3.36. The van der Waals surface area contributed by atoms with E-state index in [1.807, 2.05) is 26.1 Å². The average molecular weight is 555 g/mol. The number of nitrogens with zero attached hydrogens (tertiary/aromatic N) is 6. The van der Waals surface area contributed by atoms with E-state index in [0.29, 0.717) is 35.6 Å². The summed E-state index contributed by atoms with van der Waals surface area (Å²) in [6.07, 6.45) is 8.54. The zero-order chi connectivity index (χ0) is 27.9. The Morgan fingerprint density at radius 3 is 2.76 bits per heavy atom. The van der Waals surface area contributed by atoms with Crippen LogP contribution in [0.2, 0.25) is 0 Å². The molecule has 1 atom stereocenters. The fraction of sp³-hybridized carbons (Fsp3) is 0.484. The number of imidazole rings is 1. The van der Waals surface area contributed by atoms with Crippen molar-refractivity contribution in [2.45, 2.75) is 51.5 Å². The Bertz CT molecular complexity index is 1580. The van der Waals surface area contributed by atoms with Crippen molar-refractivity contribution in [1.29, 1.82) is 0 Å². The number of aryl methyl sites for hydroxylation is 2. The van der Waals surface area contributed by atoms with Gasteiger partial charge in [-0.05, 0) is 94.8 Å². The van der Waals surface area contributed by atoms with Crippen molar-refractivity contribution < 1.29 is 9.53 Å². The van der Waals surface area contributed by atoms with Gasteiger partial charge in [0, 0.05) is 43.1 Å². The molecule has 2 N–H and O–H groups in total. The number of fused-ring (bicyclic) bond motifs is 7. The number of carbonyl (C=O) groups excluding carboxylic acids is 1. The van der Waals surface area contributed by atoms with E-state index in [0.717, 1.165) is 53.9 Å². The van der Waals surface area contributed by atoms with Crippen molar-refractivity contribution in [1.82, 2.24) is 29.2 Å². The highest BCUT2D eigenvalue weighted by atomic mass is 16.5. The van der Waals surface area contributed by atoms with Gasteiger partial charge < -0.3 is 19.5 Å². The van der Waals surface area contributed by atoms with Gasteiger partial charge in [0.1, 0.15) is 0 Å². The van der Waals surface area contributed by atoms with Crippen LogP contribution in [0.25, 0.3) is 22.3 Å². The lowest BCUT2D eigenvalue weighted by Gasteiger charge is -2.23. The topological polar surface area (TPSA) is 102 Å². The zero-order valence-electron chi connectivity index (χ0n) is 23.9. The van der Waals surface area contributed by atoms with Crippen LogP contribution in [0.5, 0.6) is 5.88 Å². The first-order valence-corrected chi connectivity index (χ1v) is 15.0. The highest BCUT2D eigenvalue weighted by Crippen LogP contribution is 2.45. The maximum absolute atomic E-state index is 13.7. The fourth-order valence-corrected chi connectivity index (χ4v) is 6.39. The van der Waals surface area contributed by atoms with E-state index in [2.05, 4.69) is 43.4 Å². The number of hydrogen-bond donors (Lipinski definition) is 2. The molecule has 1 aliphatic carbocycles. The van der Waals surface area contributed by atoms with Crippen molar-refractivity contribution in [3.8, 4) is 17.1 Å². The second kappa shape index (κ2) is 10.8. The number of aromatic nitrogens is 5. The molecular weight excluding hydrogens is 516 g/mol. The van der Waals surface area contributed by atoms with Gasteiger partial charge in [-0.2, -0.15) is 5.10 Å². The maximum Gasteiger partial charge on any atom is 0.258 e. The monoisotopic (exact) mass is 554 g/mol. The second-order valence-electron chi connectivity index (χ2n) is 11.7. The molecule has 3 aromatic heterocycles. The lowest BCUT2D eigenvalue weighted by Crippen LogP contribution is -2.25. The molecule has 214 valence electrons. The summed E-state index contributed by atoms with van der Waals surface area (Å²) in [6, 6.07) is 10.2. The lowest BCUT2D eigenvalue weighted by molar-refractivity contribution is 0.102. The molecule has 3 aliphatic rings. The number of ether oxygens (including phenoxy) is 1. The summed E-state index contributed by atoms with van der Waals surface area (Å²) in [5.74, 6) is 1.64. The molecular formula is C31H38N8O2. The van der Waals surface area contributed by atoms with Gasteiger partial charge in [0.05, 0.1) is 35.1 Å². The molecule has 4 aromatic rings. The van der Waals surface area contributed by atoms with Crippen LogP contribution in [0.4, 0.5) is 11.6 Å². The minimum absolute atomic E-state index is 0.199. The van der Waals surface area contributed by atoms with Gasteiger partial charge in [-0.25, -0.2) is 9.67 Å². The number of rotatable bonds is 5. The molecule has 2 fully saturated rings. The van der Waals surface area contributed by atoms with Gasteiger partial charge in [0.15, 0.2) is 0 Å². The normalized spacial score (nSPS) is 19.8. The number of anilines is 2. The molecule has 7 rings (SSSR count). The predicted molar refractivity (Wildman–Crippen MR) is 160 cm³/mol. The standard InChI is InChI=1S/C31H38N8O2/c1-20-16-22-17-26(34-20)24-19-33-37(2)30(24)41-15-5-6-27(21-7-8-21)39-28-18-23(32-11-14-38-12-3-4-13-38)9-10-25(28)35-31(39)36-29(22)40/h9-10,16-19,21,27,32H,3-8,11-15H2,1-2H3,(H,35,36,40). The van der Waals surface area contributed by atoms with E-state index in [-0.39, 0.29) is 11.9 Å². The number of benzene rings is 1. The van der Waals surface area contributed by atoms with Crippen LogP contribution in [0.15, 0.2) is 36.5 Å². The molecule has 2 aliphatic heterocycles. The molecule has 0 spiro atoms. The van der Waals surface area contributed by atoms with Crippen LogP contribution in [0.3, 0.4) is 0 Å². The number of pyridine rings is 1. The zero-order valence-corrected chi connectivity index (χ0v) is 23.9. The van der Waals surface area contributed by atoms with Crippen molar-refractivity contribution >= 4 is 28.6 Å². The predicted octanol–water partition coefficient (Wildman–Crippen LogP) is 5.02. The summed E-state index contributed by atoms with van der Waals surface area (Å²) in [6.45, 7) is 6.83. The van der Waals surface area contributed by atoms with Gasteiger partial charge in [0.25, 0.3) is 5.91 Å². The van der Waals surface area contributed by atoms with Crippen LogP contribution >= 0.6 is 0 Å². The molecule has 1 saturated carbocycles. The van der Waals surface area contributed by atoms with Gasteiger partial charge in [-0.15, -0.1) is 0 Å². The summed E-state index contributed by atoms with van der Waals surface area (Å²) in [4.78, 5) is 25.9. The molecule has 0 radical (unpaired) electrons. The van der Waals surface area contributed by atoms with E-state index in [4.69, 9.17) is 14.7 Å². The smallest absolute Gasteiger partial charge is 0.258 e. The highest BCUT2D eigenvalue weighted by Gasteiger charge is 2.35. The number of nitrogens with one attached hydrogen (secondary N) is 2. The van der Waals surface area contributed by atoms with E-state index in [9.17, 15) is 4.79 Å². The third-order valence-electron chi connectivity index (χ3n) is 8.63. The van der Waals surface area contributed by atoms with Gasteiger partial charge in [0.2, 0.25) is 11.8 Å². The Balaban J connectivity index is 1.26. The van der Waals surface area contributed by atoms with E-state index < -0.39 is 0 Å². The Morgan fingerprint density at radius 1 is 1.07 bits per heavy atom. The second-order valence-corrected chi connectivity index (χ2v) is 11.7. The summed E-state index contributed by atoms with van der Waals surface area (Å²) >= 11 is 0. The number of amides is 1. The Hall–Kier alpha value is -3.92. The van der Waals surface area contributed by atoms with Crippen molar-refractivity contribution in [3.05, 3.63) is 47.8 Å². The SMILES string of the molecule is Cc1cc2cc(n1)-c1cnn(C)c1OCCCC(C1CC1)n1c(nc3ccc(NCCN4CCCC4)cc31)NC2=O. The Labute approximate surface area is 240 Å². The number of hydrogen-bond acceptors (Lipinski definition) is 7. The molecule has 1 aromatic carbocycles. The number of likely N-dealkylation sites (tertiary alicyclic amines) is 1. The minimum Gasteiger partial charge on any atom is -0.477 e. The third-order valence-corrected chi connectivity index (χ3v) is 8.63. The minimum atomic E-state index is -0.199. The molecule has 41 heavy (non-hydrogen) atoms. The fourth-order valence-electron chi connectivity index (χ4n) is 6.39.